The first-order valence-corrected chi connectivity index (χ1v) is 7.72. The zero-order valence-electron chi connectivity index (χ0n) is 12.8. The number of halogens is 2. The number of allylic oxidation sites excluding steroid dienone is 1. The van der Waals surface area contributed by atoms with Gasteiger partial charge in [-0.1, -0.05) is 25.0 Å². The molecule has 0 saturated heterocycles. The average Bonchev–Trinajstić information content (AvgIpc) is 2.99. The van der Waals surface area contributed by atoms with Gasteiger partial charge in [0.05, 0.1) is 6.04 Å². The highest BCUT2D eigenvalue weighted by Gasteiger charge is 2.49. The fourth-order valence-electron chi connectivity index (χ4n) is 3.35. The van der Waals surface area contributed by atoms with Gasteiger partial charge in [-0.15, -0.1) is 0 Å². The van der Waals surface area contributed by atoms with E-state index in [1.807, 2.05) is 0 Å². The standard InChI is InChI=1S/C17H18F2N2O2/c1-10(11-5-4-6-12(18)15(11)19)20-14-9-13(22)17(16(23)21-14)7-2-3-8-17/h4-6,9-10,20H,2-3,7-8H2,1H3,(H,21,23)/t10-/m1/s1. The van der Waals surface area contributed by atoms with E-state index in [9.17, 15) is 18.4 Å². The normalized spacial score (nSPS) is 21.1. The molecule has 0 aromatic heterocycles. The molecule has 4 nitrogen and oxygen atoms in total. The van der Waals surface area contributed by atoms with E-state index in [0.29, 0.717) is 12.8 Å². The lowest BCUT2D eigenvalue weighted by Crippen LogP contribution is -2.50. The molecular formula is C17H18F2N2O2. The van der Waals surface area contributed by atoms with Crippen LogP contribution >= 0.6 is 0 Å². The molecule has 2 aliphatic rings. The number of nitrogens with one attached hydrogen (secondary N) is 2. The van der Waals surface area contributed by atoms with Crippen molar-refractivity contribution in [3.63, 3.8) is 0 Å². The van der Waals surface area contributed by atoms with Crippen LogP contribution in [0.2, 0.25) is 0 Å². The van der Waals surface area contributed by atoms with Crippen LogP contribution in [0.1, 0.15) is 44.2 Å². The molecule has 23 heavy (non-hydrogen) atoms. The molecule has 1 heterocycles. The Kier molecular flexibility index (Phi) is 3.92. The lowest BCUT2D eigenvalue weighted by molar-refractivity contribution is -0.140. The van der Waals surface area contributed by atoms with Crippen LogP contribution in [0, 0.1) is 17.0 Å². The molecule has 0 bridgehead atoms. The van der Waals surface area contributed by atoms with Gasteiger partial charge in [-0.2, -0.15) is 0 Å². The molecule has 3 rings (SSSR count). The first-order valence-electron chi connectivity index (χ1n) is 7.72. The van der Waals surface area contributed by atoms with Crippen molar-refractivity contribution in [2.75, 3.05) is 0 Å². The van der Waals surface area contributed by atoms with Gasteiger partial charge >= 0.3 is 0 Å². The number of carbonyl (C=O) groups excluding carboxylic acids is 2. The molecule has 1 spiro atoms. The van der Waals surface area contributed by atoms with E-state index < -0.39 is 23.1 Å². The first kappa shape index (κ1) is 15.6. The number of carbonyl (C=O) groups is 2. The number of amides is 1. The van der Waals surface area contributed by atoms with Gasteiger partial charge in [-0.25, -0.2) is 8.78 Å². The quantitative estimate of drug-likeness (QED) is 0.842. The van der Waals surface area contributed by atoms with Crippen LogP contribution in [-0.4, -0.2) is 11.7 Å². The maximum absolute atomic E-state index is 13.8. The van der Waals surface area contributed by atoms with Crippen molar-refractivity contribution >= 4 is 11.7 Å². The number of benzene rings is 1. The van der Waals surface area contributed by atoms with E-state index in [1.165, 1.54) is 18.2 Å². The topological polar surface area (TPSA) is 58.2 Å². The molecule has 2 N–H and O–H groups in total. The fraction of sp³-hybridized carbons (Fsp3) is 0.412. The molecule has 0 unspecified atom stereocenters. The summed E-state index contributed by atoms with van der Waals surface area (Å²) >= 11 is 0. The Bertz CT molecular complexity index is 694. The van der Waals surface area contributed by atoms with E-state index >= 15 is 0 Å². The summed E-state index contributed by atoms with van der Waals surface area (Å²) in [5.74, 6) is -2.16. The van der Waals surface area contributed by atoms with Crippen LogP contribution in [0.4, 0.5) is 8.78 Å². The summed E-state index contributed by atoms with van der Waals surface area (Å²) in [5, 5.41) is 5.56. The van der Waals surface area contributed by atoms with Gasteiger partial charge in [0.15, 0.2) is 17.4 Å². The summed E-state index contributed by atoms with van der Waals surface area (Å²) in [6.45, 7) is 1.63. The fourth-order valence-corrected chi connectivity index (χ4v) is 3.35. The number of ketones is 1. The van der Waals surface area contributed by atoms with Gasteiger partial charge in [0, 0.05) is 11.6 Å². The first-order chi connectivity index (χ1) is 10.9. The molecule has 1 fully saturated rings. The lowest BCUT2D eigenvalue weighted by Gasteiger charge is -2.31. The third kappa shape index (κ3) is 2.62. The second kappa shape index (κ2) is 5.76. The van der Waals surface area contributed by atoms with Crippen molar-refractivity contribution in [2.45, 2.75) is 38.6 Å². The van der Waals surface area contributed by atoms with Crippen molar-refractivity contribution in [1.82, 2.24) is 10.6 Å². The Labute approximate surface area is 132 Å². The van der Waals surface area contributed by atoms with E-state index in [1.54, 1.807) is 6.92 Å². The van der Waals surface area contributed by atoms with Crippen molar-refractivity contribution in [2.24, 2.45) is 5.41 Å². The summed E-state index contributed by atoms with van der Waals surface area (Å²) in [6, 6.07) is 3.32. The van der Waals surface area contributed by atoms with Crippen molar-refractivity contribution < 1.29 is 18.4 Å². The molecule has 1 aliphatic carbocycles. The SMILES string of the molecule is C[C@@H](NC1=CC(=O)C2(CCCC2)C(=O)N1)c1cccc(F)c1F. The summed E-state index contributed by atoms with van der Waals surface area (Å²) in [7, 11) is 0. The summed E-state index contributed by atoms with van der Waals surface area (Å²) in [6.07, 6.45) is 4.22. The molecule has 1 amide bonds. The Morgan fingerprint density at radius 1 is 1.22 bits per heavy atom. The third-order valence-corrected chi connectivity index (χ3v) is 4.71. The molecule has 1 aromatic carbocycles. The maximum atomic E-state index is 13.8. The number of hydrogen-bond donors (Lipinski definition) is 2. The minimum Gasteiger partial charge on any atom is -0.365 e. The van der Waals surface area contributed by atoms with Crippen LogP contribution in [-0.2, 0) is 9.59 Å². The van der Waals surface area contributed by atoms with Crippen LogP contribution < -0.4 is 10.6 Å². The maximum Gasteiger partial charge on any atom is 0.239 e. The smallest absolute Gasteiger partial charge is 0.239 e. The Balaban J connectivity index is 1.80. The second-order valence-corrected chi connectivity index (χ2v) is 6.17. The van der Waals surface area contributed by atoms with Crippen molar-refractivity contribution in [1.29, 1.82) is 0 Å². The monoisotopic (exact) mass is 320 g/mol. The molecule has 1 aliphatic heterocycles. The largest absolute Gasteiger partial charge is 0.365 e. The number of hydrogen-bond acceptors (Lipinski definition) is 3. The van der Waals surface area contributed by atoms with Gasteiger partial charge in [-0.05, 0) is 25.8 Å². The number of rotatable bonds is 3. The minimum absolute atomic E-state index is 0.133. The van der Waals surface area contributed by atoms with E-state index in [-0.39, 0.29) is 23.1 Å². The highest BCUT2D eigenvalue weighted by Crippen LogP contribution is 2.41. The molecule has 1 atom stereocenters. The van der Waals surface area contributed by atoms with E-state index in [2.05, 4.69) is 10.6 Å². The van der Waals surface area contributed by atoms with Crippen molar-refractivity contribution in [3.8, 4) is 0 Å². The molecule has 122 valence electrons. The van der Waals surface area contributed by atoms with E-state index in [4.69, 9.17) is 0 Å². The predicted molar refractivity (Wildman–Crippen MR) is 80.0 cm³/mol. The van der Waals surface area contributed by atoms with Gasteiger partial charge in [0.1, 0.15) is 11.2 Å². The van der Waals surface area contributed by atoms with Gasteiger partial charge in [0.2, 0.25) is 5.91 Å². The molecule has 1 aromatic rings. The zero-order valence-corrected chi connectivity index (χ0v) is 12.8. The second-order valence-electron chi connectivity index (χ2n) is 6.17. The Hall–Kier alpha value is -2.24. The van der Waals surface area contributed by atoms with Crippen LogP contribution in [0.15, 0.2) is 30.1 Å². The molecular weight excluding hydrogens is 302 g/mol. The van der Waals surface area contributed by atoms with Crippen LogP contribution in [0.3, 0.4) is 0 Å². The Morgan fingerprint density at radius 3 is 2.57 bits per heavy atom. The van der Waals surface area contributed by atoms with Crippen molar-refractivity contribution in [3.05, 3.63) is 47.3 Å². The summed E-state index contributed by atoms with van der Waals surface area (Å²) in [5.41, 5.74) is -0.799. The van der Waals surface area contributed by atoms with Gasteiger partial charge in [-0.3, -0.25) is 9.59 Å². The Morgan fingerprint density at radius 2 is 1.91 bits per heavy atom. The van der Waals surface area contributed by atoms with Crippen LogP contribution in [0.5, 0.6) is 0 Å². The summed E-state index contributed by atoms with van der Waals surface area (Å²) < 4.78 is 27.1. The molecule has 6 heteroatoms. The predicted octanol–water partition coefficient (Wildman–Crippen LogP) is 2.72. The van der Waals surface area contributed by atoms with E-state index in [0.717, 1.165) is 18.9 Å². The molecule has 0 radical (unpaired) electrons. The van der Waals surface area contributed by atoms with Gasteiger partial charge in [0.25, 0.3) is 0 Å². The lowest BCUT2D eigenvalue weighted by atomic mass is 9.79. The summed E-state index contributed by atoms with van der Waals surface area (Å²) in [4.78, 5) is 24.7. The molecule has 1 saturated carbocycles. The highest BCUT2D eigenvalue weighted by atomic mass is 19.2. The van der Waals surface area contributed by atoms with Crippen LogP contribution in [0.25, 0.3) is 0 Å². The minimum atomic E-state index is -0.936. The highest BCUT2D eigenvalue weighted by molar-refractivity contribution is 6.14. The van der Waals surface area contributed by atoms with Gasteiger partial charge < -0.3 is 10.6 Å². The zero-order chi connectivity index (χ0) is 16.6. The average molecular weight is 320 g/mol. The third-order valence-electron chi connectivity index (χ3n) is 4.71.